The van der Waals surface area contributed by atoms with E-state index in [2.05, 4.69) is 19.1 Å². The number of rotatable bonds is 10. The minimum absolute atomic E-state index is 0.547. The molecule has 2 aromatic heterocycles. The lowest BCUT2D eigenvalue weighted by Gasteiger charge is -2.11. The lowest BCUT2D eigenvalue weighted by molar-refractivity contribution is 0.541. The van der Waals surface area contributed by atoms with Gasteiger partial charge in [0.25, 0.3) is 0 Å². The predicted octanol–water partition coefficient (Wildman–Crippen LogP) is 6.54. The van der Waals surface area contributed by atoms with Crippen molar-refractivity contribution in [3.05, 3.63) is 71.0 Å². The zero-order valence-electron chi connectivity index (χ0n) is 18.4. The Hall–Kier alpha value is -2.96. The summed E-state index contributed by atoms with van der Waals surface area (Å²) in [6.45, 7) is 1.69. The molecule has 0 saturated heterocycles. The molecule has 0 aliphatic heterocycles. The van der Waals surface area contributed by atoms with Gasteiger partial charge in [0.2, 0.25) is 11.9 Å². The first-order valence-electron chi connectivity index (χ1n) is 11.2. The summed E-state index contributed by atoms with van der Waals surface area (Å²) in [5.41, 5.74) is 16.4. The monoisotopic (exact) mass is 482 g/mol. The molecule has 0 saturated carbocycles. The molecule has 2 heterocycles. The van der Waals surface area contributed by atoms with Gasteiger partial charge in [0, 0.05) is 23.1 Å². The van der Waals surface area contributed by atoms with Crippen LogP contribution in [0, 0.1) is 0 Å². The normalized spacial score (nSPS) is 11.2. The number of aromatic nitrogens is 4. The predicted molar refractivity (Wildman–Crippen MR) is 137 cm³/mol. The van der Waals surface area contributed by atoms with Gasteiger partial charge < -0.3 is 20.6 Å². The molecule has 2 aromatic carbocycles. The number of anilines is 2. The molecule has 0 aliphatic carbocycles. The van der Waals surface area contributed by atoms with Crippen LogP contribution in [0.2, 0.25) is 10.0 Å². The molecule has 8 heteroatoms. The Morgan fingerprint density at radius 2 is 0.939 bits per heavy atom. The first-order chi connectivity index (χ1) is 16.0. The number of imidazole rings is 2. The number of benzene rings is 2. The van der Waals surface area contributed by atoms with Gasteiger partial charge in [-0.25, -0.2) is 9.97 Å². The molecule has 4 rings (SSSR count). The van der Waals surface area contributed by atoms with Crippen molar-refractivity contribution in [2.24, 2.45) is 0 Å². The van der Waals surface area contributed by atoms with Crippen LogP contribution in [-0.4, -0.2) is 19.1 Å². The molecular weight excluding hydrogens is 455 g/mol. The molecule has 4 aromatic rings. The summed E-state index contributed by atoms with van der Waals surface area (Å²) in [6, 6.07) is 15.5. The van der Waals surface area contributed by atoms with Crippen LogP contribution >= 0.6 is 23.2 Å². The van der Waals surface area contributed by atoms with Crippen LogP contribution in [0.5, 0.6) is 0 Å². The van der Waals surface area contributed by atoms with E-state index in [0.717, 1.165) is 77.8 Å². The van der Waals surface area contributed by atoms with Crippen molar-refractivity contribution in [2.75, 3.05) is 11.5 Å². The van der Waals surface area contributed by atoms with Gasteiger partial charge in [-0.15, -0.1) is 0 Å². The van der Waals surface area contributed by atoms with E-state index in [1.165, 1.54) is 0 Å². The summed E-state index contributed by atoms with van der Waals surface area (Å²) in [7, 11) is 0. The van der Waals surface area contributed by atoms with Crippen molar-refractivity contribution in [3.8, 4) is 22.5 Å². The van der Waals surface area contributed by atoms with Gasteiger partial charge in [-0.3, -0.25) is 0 Å². The van der Waals surface area contributed by atoms with Crippen molar-refractivity contribution in [1.29, 1.82) is 0 Å². The molecule has 172 valence electrons. The lowest BCUT2D eigenvalue weighted by atomic mass is 10.1. The maximum atomic E-state index is 6.11. The second kappa shape index (κ2) is 10.8. The third-order valence-electron chi connectivity index (χ3n) is 5.82. The Morgan fingerprint density at radius 3 is 1.33 bits per heavy atom. The second-order valence-corrected chi connectivity index (χ2v) is 8.96. The quantitative estimate of drug-likeness (QED) is 0.251. The minimum Gasteiger partial charge on any atom is -0.369 e. The van der Waals surface area contributed by atoms with Crippen molar-refractivity contribution >= 4 is 35.1 Å². The number of nitrogens with two attached hydrogens (primary N) is 2. The molecule has 0 radical (unpaired) electrons. The maximum absolute atomic E-state index is 6.11. The smallest absolute Gasteiger partial charge is 0.200 e. The first-order valence-corrected chi connectivity index (χ1v) is 11.9. The fourth-order valence-electron chi connectivity index (χ4n) is 4.02. The third-order valence-corrected chi connectivity index (χ3v) is 6.32. The average molecular weight is 483 g/mol. The highest BCUT2D eigenvalue weighted by molar-refractivity contribution is 6.30. The molecule has 0 aliphatic rings. The summed E-state index contributed by atoms with van der Waals surface area (Å²) in [6.07, 6.45) is 9.14. The van der Waals surface area contributed by atoms with E-state index in [1.54, 1.807) is 0 Å². The van der Waals surface area contributed by atoms with E-state index in [0.29, 0.717) is 11.9 Å². The Kier molecular flexibility index (Phi) is 7.57. The molecule has 0 bridgehead atoms. The molecule has 0 amide bonds. The topological polar surface area (TPSA) is 87.7 Å². The molecule has 0 atom stereocenters. The molecular formula is C25H28Cl2N6. The molecule has 0 spiro atoms. The van der Waals surface area contributed by atoms with Gasteiger partial charge in [-0.05, 0) is 48.2 Å². The Labute approximate surface area is 204 Å². The summed E-state index contributed by atoms with van der Waals surface area (Å²) in [4.78, 5) is 8.60. The number of halogens is 2. The summed E-state index contributed by atoms with van der Waals surface area (Å²) in [5.74, 6) is 1.09. The Bertz CT molecular complexity index is 1090. The zero-order chi connectivity index (χ0) is 23.2. The van der Waals surface area contributed by atoms with Gasteiger partial charge in [0.1, 0.15) is 0 Å². The highest BCUT2D eigenvalue weighted by Crippen LogP contribution is 2.26. The van der Waals surface area contributed by atoms with Gasteiger partial charge in [-0.1, -0.05) is 66.7 Å². The van der Waals surface area contributed by atoms with Crippen molar-refractivity contribution in [1.82, 2.24) is 19.1 Å². The molecule has 0 fully saturated rings. The number of nitrogens with zero attached hydrogens (tertiary/aromatic N) is 4. The number of hydrogen-bond donors (Lipinski definition) is 2. The van der Waals surface area contributed by atoms with E-state index in [9.17, 15) is 0 Å². The highest BCUT2D eigenvalue weighted by atomic mass is 35.5. The summed E-state index contributed by atoms with van der Waals surface area (Å²) in [5, 5.41) is 1.44. The van der Waals surface area contributed by atoms with Crippen molar-refractivity contribution < 1.29 is 0 Å². The largest absolute Gasteiger partial charge is 0.369 e. The van der Waals surface area contributed by atoms with E-state index in [-0.39, 0.29) is 0 Å². The van der Waals surface area contributed by atoms with E-state index in [1.807, 2.05) is 60.9 Å². The first kappa shape index (κ1) is 23.2. The molecule has 4 N–H and O–H groups in total. The van der Waals surface area contributed by atoms with E-state index in [4.69, 9.17) is 34.7 Å². The third kappa shape index (κ3) is 5.70. The van der Waals surface area contributed by atoms with Gasteiger partial charge >= 0.3 is 0 Å². The molecule has 33 heavy (non-hydrogen) atoms. The van der Waals surface area contributed by atoms with Crippen LogP contribution < -0.4 is 11.5 Å². The molecule has 6 nitrogen and oxygen atoms in total. The van der Waals surface area contributed by atoms with Crippen LogP contribution in [0.4, 0.5) is 11.9 Å². The fourth-order valence-corrected chi connectivity index (χ4v) is 4.27. The van der Waals surface area contributed by atoms with Crippen LogP contribution in [-0.2, 0) is 13.1 Å². The number of nitrogen functional groups attached to an aromatic ring is 2. The van der Waals surface area contributed by atoms with Gasteiger partial charge in [0.05, 0.1) is 23.8 Å². The van der Waals surface area contributed by atoms with Crippen LogP contribution in [0.3, 0.4) is 0 Å². The van der Waals surface area contributed by atoms with Gasteiger partial charge in [-0.2, -0.15) is 0 Å². The van der Waals surface area contributed by atoms with Gasteiger partial charge in [0.15, 0.2) is 0 Å². The Morgan fingerprint density at radius 1 is 0.576 bits per heavy atom. The highest BCUT2D eigenvalue weighted by Gasteiger charge is 2.11. The van der Waals surface area contributed by atoms with Crippen molar-refractivity contribution in [3.63, 3.8) is 0 Å². The van der Waals surface area contributed by atoms with Crippen LogP contribution in [0.1, 0.15) is 32.1 Å². The van der Waals surface area contributed by atoms with E-state index >= 15 is 0 Å². The van der Waals surface area contributed by atoms with E-state index < -0.39 is 0 Å². The summed E-state index contributed by atoms with van der Waals surface area (Å²) >= 11 is 12.0. The standard InChI is InChI=1S/C25H28Cl2N6/c26-20-10-6-18(7-11-20)22-16-30-24(28)32(22)14-4-2-1-3-5-15-33-23(17-31-25(33)29)19-8-12-21(27)13-9-19/h6-13,16-17H,1-5,14-15H2,(H2,28,30)(H2,29,31). The summed E-state index contributed by atoms with van der Waals surface area (Å²) < 4.78 is 4.15. The number of unbranched alkanes of at least 4 members (excludes halogenated alkanes) is 4. The second-order valence-electron chi connectivity index (χ2n) is 8.09. The van der Waals surface area contributed by atoms with Crippen molar-refractivity contribution in [2.45, 2.75) is 45.2 Å². The van der Waals surface area contributed by atoms with Crippen LogP contribution in [0.15, 0.2) is 60.9 Å². The SMILES string of the molecule is Nc1ncc(-c2ccc(Cl)cc2)n1CCCCCCCn1c(-c2ccc(Cl)cc2)cnc1N. The number of hydrogen-bond acceptors (Lipinski definition) is 4. The Balaban J connectivity index is 1.24. The maximum Gasteiger partial charge on any atom is 0.200 e. The molecule has 0 unspecified atom stereocenters. The minimum atomic E-state index is 0.547. The fraction of sp³-hybridized carbons (Fsp3) is 0.280. The lowest BCUT2D eigenvalue weighted by Crippen LogP contribution is -2.06. The average Bonchev–Trinajstić information content (AvgIpc) is 3.36. The van der Waals surface area contributed by atoms with Crippen LogP contribution in [0.25, 0.3) is 22.5 Å². The zero-order valence-corrected chi connectivity index (χ0v) is 19.9.